The number of nitrogens with one attached hydrogen (secondary N) is 1. The van der Waals surface area contributed by atoms with Crippen LogP contribution < -0.4 is 10.8 Å². The lowest BCUT2D eigenvalue weighted by Gasteiger charge is -2.06. The first-order valence-corrected chi connectivity index (χ1v) is 10.3. The van der Waals surface area contributed by atoms with Gasteiger partial charge in [-0.3, -0.25) is 5.43 Å². The van der Waals surface area contributed by atoms with Crippen molar-refractivity contribution in [3.05, 3.63) is 75.0 Å². The number of fused-ring (bicyclic) bond motifs is 1. The molecule has 0 radical (unpaired) electrons. The van der Waals surface area contributed by atoms with Crippen molar-refractivity contribution in [3.63, 3.8) is 0 Å². The molecular formula is C22H18ClN3O3S. The third-order valence-corrected chi connectivity index (χ3v) is 5.76. The molecule has 1 N–H and O–H groups in total. The summed E-state index contributed by atoms with van der Waals surface area (Å²) in [6.45, 7) is 3.77. The first kappa shape index (κ1) is 20.1. The average Bonchev–Trinajstić information content (AvgIpc) is 3.12. The molecule has 2 aromatic carbocycles. The lowest BCUT2D eigenvalue weighted by molar-refractivity contribution is 0.0605. The van der Waals surface area contributed by atoms with Crippen LogP contribution in [-0.2, 0) is 4.74 Å². The number of anilines is 1. The van der Waals surface area contributed by atoms with Crippen molar-refractivity contribution in [2.75, 3.05) is 12.5 Å². The largest absolute Gasteiger partial charge is 0.465 e. The zero-order chi connectivity index (χ0) is 21.3. The molecule has 0 bridgehead atoms. The number of rotatable bonds is 4. The fourth-order valence-electron chi connectivity index (χ4n) is 2.97. The van der Waals surface area contributed by atoms with E-state index in [9.17, 15) is 4.79 Å². The van der Waals surface area contributed by atoms with E-state index in [0.717, 1.165) is 16.5 Å². The van der Waals surface area contributed by atoms with E-state index < -0.39 is 5.97 Å². The molecule has 4 aromatic rings. The van der Waals surface area contributed by atoms with Crippen LogP contribution in [0.3, 0.4) is 0 Å². The summed E-state index contributed by atoms with van der Waals surface area (Å²) in [6.07, 6.45) is 0. The molecule has 4 rings (SSSR count). The summed E-state index contributed by atoms with van der Waals surface area (Å²) < 4.78 is 10.9. The summed E-state index contributed by atoms with van der Waals surface area (Å²) in [6, 6.07) is 15.2. The van der Waals surface area contributed by atoms with Gasteiger partial charge in [-0.1, -0.05) is 34.6 Å². The molecule has 152 valence electrons. The van der Waals surface area contributed by atoms with Gasteiger partial charge in [0.1, 0.15) is 16.2 Å². The number of halogens is 1. The van der Waals surface area contributed by atoms with Gasteiger partial charge < -0.3 is 9.15 Å². The van der Waals surface area contributed by atoms with Gasteiger partial charge in [-0.05, 0) is 50.2 Å². The minimum atomic E-state index is -0.414. The highest BCUT2D eigenvalue weighted by Gasteiger charge is 2.15. The van der Waals surface area contributed by atoms with E-state index in [1.807, 2.05) is 55.5 Å². The Morgan fingerprint density at radius 2 is 1.93 bits per heavy atom. The van der Waals surface area contributed by atoms with Crippen molar-refractivity contribution in [1.82, 2.24) is 4.98 Å². The normalized spacial score (nSPS) is 11.7. The number of carbonyl (C=O) groups is 1. The second kappa shape index (κ2) is 8.30. The minimum Gasteiger partial charge on any atom is -0.465 e. The molecular weight excluding hydrogens is 422 g/mol. The maximum absolute atomic E-state index is 11.8. The number of benzene rings is 2. The lowest BCUT2D eigenvalue weighted by Crippen LogP contribution is -2.07. The number of hydrogen-bond acceptors (Lipinski definition) is 7. The highest BCUT2D eigenvalue weighted by Crippen LogP contribution is 2.25. The second-order valence-electron chi connectivity index (χ2n) is 6.65. The van der Waals surface area contributed by atoms with Crippen LogP contribution in [0.1, 0.15) is 20.9 Å². The van der Waals surface area contributed by atoms with Crippen molar-refractivity contribution in [2.24, 2.45) is 5.10 Å². The molecule has 2 aromatic heterocycles. The van der Waals surface area contributed by atoms with Gasteiger partial charge in [-0.15, -0.1) is 0 Å². The second-order valence-corrected chi connectivity index (χ2v) is 8.09. The molecule has 0 atom stereocenters. The highest BCUT2D eigenvalue weighted by atomic mass is 35.5. The van der Waals surface area contributed by atoms with Crippen LogP contribution in [0, 0.1) is 13.8 Å². The molecule has 0 saturated carbocycles. The lowest BCUT2D eigenvalue weighted by atomic mass is 10.1. The van der Waals surface area contributed by atoms with Gasteiger partial charge in [0.05, 0.1) is 18.2 Å². The van der Waals surface area contributed by atoms with E-state index >= 15 is 0 Å². The van der Waals surface area contributed by atoms with E-state index in [2.05, 4.69) is 15.5 Å². The van der Waals surface area contributed by atoms with Crippen molar-refractivity contribution >= 4 is 45.0 Å². The smallest absolute Gasteiger partial charge is 0.350 e. The standard InChI is InChI=1S/C22H18ClN3O3S/c1-12-4-9-18-16(10-12)17(11-19(29-18)14-5-7-15(23)8-6-14)25-26-22-24-13(2)20(30-22)21(27)28-3/h4-11H,1-3H3,(H,24,26)/b25-17+. The van der Waals surface area contributed by atoms with Crippen LogP contribution >= 0.6 is 22.9 Å². The van der Waals surface area contributed by atoms with Crippen molar-refractivity contribution in [1.29, 1.82) is 0 Å². The first-order chi connectivity index (χ1) is 14.4. The maximum atomic E-state index is 11.8. The predicted octanol–water partition coefficient (Wildman–Crippen LogP) is 5.54. The minimum absolute atomic E-state index is 0.414. The Hall–Kier alpha value is -3.16. The fourth-order valence-corrected chi connectivity index (χ4v) is 3.92. The molecule has 0 unspecified atom stereocenters. The molecule has 0 fully saturated rings. The van der Waals surface area contributed by atoms with Crippen molar-refractivity contribution in [3.8, 4) is 11.3 Å². The highest BCUT2D eigenvalue weighted by molar-refractivity contribution is 7.17. The zero-order valence-electron chi connectivity index (χ0n) is 16.5. The Morgan fingerprint density at radius 3 is 2.67 bits per heavy atom. The van der Waals surface area contributed by atoms with Gasteiger partial charge in [0, 0.05) is 22.0 Å². The molecule has 0 amide bonds. The van der Waals surface area contributed by atoms with E-state index in [1.165, 1.54) is 18.4 Å². The van der Waals surface area contributed by atoms with Crippen LogP contribution in [0.4, 0.5) is 5.13 Å². The number of aryl methyl sites for hydroxylation is 2. The number of methoxy groups -OCH3 is 1. The van der Waals surface area contributed by atoms with Crippen LogP contribution in [0.5, 0.6) is 0 Å². The Labute approximate surface area is 181 Å². The number of thiazole rings is 1. The molecule has 8 heteroatoms. The Bertz CT molecular complexity index is 1310. The number of nitrogens with zero attached hydrogens (tertiary/aromatic N) is 2. The molecule has 0 aliphatic rings. The van der Waals surface area contributed by atoms with Crippen LogP contribution in [-0.4, -0.2) is 18.1 Å². The van der Waals surface area contributed by atoms with Gasteiger partial charge in [0.15, 0.2) is 0 Å². The van der Waals surface area contributed by atoms with Gasteiger partial charge in [0.2, 0.25) is 5.13 Å². The Balaban J connectivity index is 1.81. The fraction of sp³-hybridized carbons (Fsp3) is 0.136. The van der Waals surface area contributed by atoms with Crippen molar-refractivity contribution in [2.45, 2.75) is 13.8 Å². The summed E-state index contributed by atoms with van der Waals surface area (Å²) >= 11 is 7.20. The van der Waals surface area contributed by atoms with Crippen LogP contribution in [0.2, 0.25) is 5.02 Å². The topological polar surface area (TPSA) is 76.7 Å². The number of esters is 1. The molecule has 0 aliphatic heterocycles. The quantitative estimate of drug-likeness (QED) is 0.333. The zero-order valence-corrected chi connectivity index (χ0v) is 18.1. The number of hydrogen-bond donors (Lipinski definition) is 1. The van der Waals surface area contributed by atoms with E-state index in [-0.39, 0.29) is 0 Å². The van der Waals surface area contributed by atoms with Gasteiger partial charge in [0.25, 0.3) is 0 Å². The van der Waals surface area contributed by atoms with Crippen LogP contribution in [0.15, 0.2) is 58.0 Å². The summed E-state index contributed by atoms with van der Waals surface area (Å²) in [7, 11) is 1.35. The van der Waals surface area contributed by atoms with Gasteiger partial charge in [-0.25, -0.2) is 9.78 Å². The maximum Gasteiger partial charge on any atom is 0.350 e. The van der Waals surface area contributed by atoms with Gasteiger partial charge in [-0.2, -0.15) is 5.10 Å². The molecule has 6 nitrogen and oxygen atoms in total. The number of ether oxygens (including phenoxy) is 1. The van der Waals surface area contributed by atoms with E-state index in [1.54, 1.807) is 6.92 Å². The number of carbonyl (C=O) groups excluding carboxylic acids is 1. The molecule has 2 heterocycles. The SMILES string of the molecule is COC(=O)c1sc(N/N=c2\cc(-c3ccc(Cl)cc3)oc3ccc(C)cc23)nc1C. The summed E-state index contributed by atoms with van der Waals surface area (Å²) in [5.41, 5.74) is 6.24. The van der Waals surface area contributed by atoms with Crippen molar-refractivity contribution < 1.29 is 13.9 Å². The molecule has 30 heavy (non-hydrogen) atoms. The first-order valence-electron chi connectivity index (χ1n) is 9.10. The number of aromatic nitrogens is 1. The van der Waals surface area contributed by atoms with E-state index in [4.69, 9.17) is 20.8 Å². The summed E-state index contributed by atoms with van der Waals surface area (Å²) in [5, 5.41) is 7.26. The summed E-state index contributed by atoms with van der Waals surface area (Å²) in [5.74, 6) is 0.247. The molecule has 0 saturated heterocycles. The van der Waals surface area contributed by atoms with Gasteiger partial charge >= 0.3 is 5.97 Å². The third kappa shape index (κ3) is 4.08. The molecule has 0 aliphatic carbocycles. The van der Waals surface area contributed by atoms with E-state index in [0.29, 0.717) is 37.4 Å². The average molecular weight is 440 g/mol. The Kier molecular flexibility index (Phi) is 5.57. The predicted molar refractivity (Wildman–Crippen MR) is 119 cm³/mol. The third-order valence-electron chi connectivity index (χ3n) is 4.47. The summed E-state index contributed by atoms with van der Waals surface area (Å²) in [4.78, 5) is 16.6. The monoisotopic (exact) mass is 439 g/mol. The molecule has 0 spiro atoms. The van der Waals surface area contributed by atoms with Crippen LogP contribution in [0.25, 0.3) is 22.3 Å². The Morgan fingerprint density at radius 1 is 1.17 bits per heavy atom.